The van der Waals surface area contributed by atoms with Crippen LogP contribution in [0.1, 0.15) is 12.5 Å². The van der Waals surface area contributed by atoms with Crippen LogP contribution in [0.4, 0.5) is 5.69 Å². The zero-order valence-corrected chi connectivity index (χ0v) is 11.5. The van der Waals surface area contributed by atoms with Crippen molar-refractivity contribution in [1.82, 2.24) is 0 Å². The number of nitrogens with zero attached hydrogens (tertiary/aromatic N) is 1. The number of nitrogens with one attached hydrogen (secondary N) is 1. The summed E-state index contributed by atoms with van der Waals surface area (Å²) in [6, 6.07) is 7.69. The van der Waals surface area contributed by atoms with Gasteiger partial charge in [-0.1, -0.05) is 24.6 Å². The number of aryl methyl sites for hydroxylation is 1. The van der Waals surface area contributed by atoms with Crippen LogP contribution in [0.15, 0.2) is 29.3 Å². The Labute approximate surface area is 108 Å². The molecule has 0 radical (unpaired) electrons. The van der Waals surface area contributed by atoms with Gasteiger partial charge in [-0.05, 0) is 19.1 Å². The predicted molar refractivity (Wildman–Crippen MR) is 75.6 cm³/mol. The van der Waals surface area contributed by atoms with E-state index in [2.05, 4.69) is 10.3 Å². The minimum atomic E-state index is -2.98. The van der Waals surface area contributed by atoms with Crippen molar-refractivity contribution >= 4 is 21.5 Å². The molecule has 5 nitrogen and oxygen atoms in total. The first-order valence-corrected chi connectivity index (χ1v) is 7.59. The second-order valence-corrected chi connectivity index (χ2v) is 6.47. The maximum Gasteiger partial charge on any atom is 0.193 e. The van der Waals surface area contributed by atoms with Crippen LogP contribution < -0.4 is 11.1 Å². The molecule has 6 heteroatoms. The summed E-state index contributed by atoms with van der Waals surface area (Å²) < 4.78 is 22.5. The van der Waals surface area contributed by atoms with Crippen molar-refractivity contribution in [2.24, 2.45) is 10.7 Å². The molecule has 0 spiro atoms. The Bertz CT molecular complexity index is 507. The summed E-state index contributed by atoms with van der Waals surface area (Å²) >= 11 is 0. The number of anilines is 1. The molecule has 0 atom stereocenters. The predicted octanol–water partition coefficient (Wildman–Crippen LogP) is 1.16. The van der Waals surface area contributed by atoms with E-state index >= 15 is 0 Å². The number of hydrogen-bond acceptors (Lipinski definition) is 3. The van der Waals surface area contributed by atoms with E-state index in [0.717, 1.165) is 11.3 Å². The maximum atomic E-state index is 11.2. The average molecular weight is 269 g/mol. The number of hydrogen-bond donors (Lipinski definition) is 2. The molecule has 100 valence electrons. The van der Waals surface area contributed by atoms with Crippen molar-refractivity contribution in [2.45, 2.75) is 13.8 Å². The van der Waals surface area contributed by atoms with E-state index in [0.29, 0.717) is 0 Å². The van der Waals surface area contributed by atoms with Gasteiger partial charge in [0.25, 0.3) is 0 Å². The number of benzene rings is 1. The quantitative estimate of drug-likeness (QED) is 0.620. The topological polar surface area (TPSA) is 84.5 Å². The van der Waals surface area contributed by atoms with Gasteiger partial charge >= 0.3 is 0 Å². The Hall–Kier alpha value is -1.56. The normalized spacial score (nSPS) is 12.4. The Balaban J connectivity index is 2.50. The van der Waals surface area contributed by atoms with E-state index in [1.54, 1.807) is 6.92 Å². The molecule has 1 aromatic carbocycles. The number of sulfone groups is 1. The van der Waals surface area contributed by atoms with Gasteiger partial charge in [0.15, 0.2) is 15.8 Å². The summed E-state index contributed by atoms with van der Waals surface area (Å²) in [6.07, 6.45) is 0. The number of guanidine groups is 1. The highest BCUT2D eigenvalue weighted by Crippen LogP contribution is 2.07. The van der Waals surface area contributed by atoms with E-state index in [1.807, 2.05) is 31.2 Å². The van der Waals surface area contributed by atoms with Gasteiger partial charge in [0, 0.05) is 11.4 Å². The SMILES string of the molecule is CCS(=O)(=O)CCN=C(N)Nc1ccc(C)cc1. The van der Waals surface area contributed by atoms with Crippen LogP contribution in [0.2, 0.25) is 0 Å². The fourth-order valence-electron chi connectivity index (χ4n) is 1.27. The Kier molecular flexibility index (Phi) is 5.15. The van der Waals surface area contributed by atoms with Crippen molar-refractivity contribution in [1.29, 1.82) is 0 Å². The lowest BCUT2D eigenvalue weighted by molar-refractivity contribution is 0.597. The molecule has 0 bridgehead atoms. The molecule has 0 aliphatic rings. The van der Waals surface area contributed by atoms with Gasteiger partial charge in [-0.2, -0.15) is 0 Å². The van der Waals surface area contributed by atoms with Crippen molar-refractivity contribution in [3.05, 3.63) is 29.8 Å². The highest BCUT2D eigenvalue weighted by atomic mass is 32.2. The third-order valence-corrected chi connectivity index (χ3v) is 4.13. The van der Waals surface area contributed by atoms with Gasteiger partial charge in [0.2, 0.25) is 0 Å². The number of rotatable bonds is 5. The molecule has 3 N–H and O–H groups in total. The van der Waals surface area contributed by atoms with Crippen LogP contribution in [-0.4, -0.2) is 32.4 Å². The molecule has 1 aromatic rings. The summed E-state index contributed by atoms with van der Waals surface area (Å²) in [5, 5.41) is 2.91. The first kappa shape index (κ1) is 14.5. The van der Waals surface area contributed by atoms with Gasteiger partial charge in [0.05, 0.1) is 12.3 Å². The van der Waals surface area contributed by atoms with Crippen LogP contribution in [-0.2, 0) is 9.84 Å². The molecule has 0 fully saturated rings. The van der Waals surface area contributed by atoms with Crippen molar-refractivity contribution in [2.75, 3.05) is 23.4 Å². The van der Waals surface area contributed by atoms with E-state index in [1.165, 1.54) is 0 Å². The first-order valence-electron chi connectivity index (χ1n) is 5.77. The largest absolute Gasteiger partial charge is 0.370 e. The highest BCUT2D eigenvalue weighted by Gasteiger charge is 2.05. The summed E-state index contributed by atoms with van der Waals surface area (Å²) in [5.41, 5.74) is 7.65. The zero-order chi connectivity index (χ0) is 13.6. The Morgan fingerprint density at radius 3 is 2.50 bits per heavy atom. The molecule has 0 saturated carbocycles. The van der Waals surface area contributed by atoms with Crippen LogP contribution in [0, 0.1) is 6.92 Å². The lowest BCUT2D eigenvalue weighted by Crippen LogP contribution is -2.24. The van der Waals surface area contributed by atoms with Gasteiger partial charge in [-0.15, -0.1) is 0 Å². The average Bonchev–Trinajstić information content (AvgIpc) is 2.32. The Morgan fingerprint density at radius 2 is 1.94 bits per heavy atom. The van der Waals surface area contributed by atoms with E-state index < -0.39 is 9.84 Å². The monoisotopic (exact) mass is 269 g/mol. The third kappa shape index (κ3) is 5.18. The standard InChI is InChI=1S/C12H19N3O2S/c1-3-18(16,17)9-8-14-12(13)15-11-6-4-10(2)5-7-11/h4-7H,3,8-9H2,1-2H3,(H3,13,14,15). The van der Waals surface area contributed by atoms with Gasteiger partial charge in [-0.25, -0.2) is 8.42 Å². The lowest BCUT2D eigenvalue weighted by atomic mass is 10.2. The molecular formula is C12H19N3O2S. The Morgan fingerprint density at radius 1 is 1.33 bits per heavy atom. The molecule has 0 aliphatic carbocycles. The fourth-order valence-corrected chi connectivity index (χ4v) is 1.93. The second kappa shape index (κ2) is 6.39. The second-order valence-electron chi connectivity index (χ2n) is 3.99. The molecule has 0 heterocycles. The van der Waals surface area contributed by atoms with Gasteiger partial charge in [0.1, 0.15) is 0 Å². The summed E-state index contributed by atoms with van der Waals surface area (Å²) in [6.45, 7) is 3.80. The zero-order valence-electron chi connectivity index (χ0n) is 10.7. The highest BCUT2D eigenvalue weighted by molar-refractivity contribution is 7.91. The van der Waals surface area contributed by atoms with Crippen molar-refractivity contribution in [3.8, 4) is 0 Å². The third-order valence-electron chi connectivity index (χ3n) is 2.45. The van der Waals surface area contributed by atoms with Crippen LogP contribution >= 0.6 is 0 Å². The molecule has 0 amide bonds. The molecule has 1 rings (SSSR count). The number of nitrogens with two attached hydrogens (primary N) is 1. The summed E-state index contributed by atoms with van der Waals surface area (Å²) in [4.78, 5) is 3.98. The molecule has 0 aliphatic heterocycles. The minimum Gasteiger partial charge on any atom is -0.370 e. The fraction of sp³-hybridized carbons (Fsp3) is 0.417. The summed E-state index contributed by atoms with van der Waals surface area (Å²) in [7, 11) is -2.98. The molecule has 0 aromatic heterocycles. The molecular weight excluding hydrogens is 250 g/mol. The number of aliphatic imine (C=N–C) groups is 1. The minimum absolute atomic E-state index is 0.0276. The van der Waals surface area contributed by atoms with Crippen molar-refractivity contribution in [3.63, 3.8) is 0 Å². The molecule has 0 saturated heterocycles. The van der Waals surface area contributed by atoms with Gasteiger partial charge < -0.3 is 11.1 Å². The van der Waals surface area contributed by atoms with Crippen LogP contribution in [0.25, 0.3) is 0 Å². The van der Waals surface area contributed by atoms with Gasteiger partial charge in [-0.3, -0.25) is 4.99 Å². The first-order chi connectivity index (χ1) is 8.43. The van der Waals surface area contributed by atoms with Crippen molar-refractivity contribution < 1.29 is 8.42 Å². The van der Waals surface area contributed by atoms with Crippen LogP contribution in [0.5, 0.6) is 0 Å². The lowest BCUT2D eigenvalue weighted by Gasteiger charge is -2.05. The van der Waals surface area contributed by atoms with Crippen LogP contribution in [0.3, 0.4) is 0 Å². The van der Waals surface area contributed by atoms with E-state index in [4.69, 9.17) is 5.73 Å². The molecule has 0 unspecified atom stereocenters. The smallest absolute Gasteiger partial charge is 0.193 e. The molecule has 18 heavy (non-hydrogen) atoms. The maximum absolute atomic E-state index is 11.2. The van der Waals surface area contributed by atoms with E-state index in [9.17, 15) is 8.42 Å². The van der Waals surface area contributed by atoms with E-state index in [-0.39, 0.29) is 24.0 Å². The summed E-state index contributed by atoms with van der Waals surface area (Å²) in [5.74, 6) is 0.387.